The van der Waals surface area contributed by atoms with Crippen molar-refractivity contribution in [2.45, 2.75) is 61.2 Å². The summed E-state index contributed by atoms with van der Waals surface area (Å²) in [5, 5.41) is 0. The van der Waals surface area contributed by atoms with Crippen molar-refractivity contribution in [3.63, 3.8) is 0 Å². The maximum absolute atomic E-state index is 13.3. The molecule has 9 aliphatic carbocycles. The number of benzene rings is 2. The first-order chi connectivity index (χ1) is 19.3. The Morgan fingerprint density at radius 2 is 0.750 bits per heavy atom. The van der Waals surface area contributed by atoms with Gasteiger partial charge >= 0.3 is 11.9 Å². The molecule has 2 fully saturated rings. The van der Waals surface area contributed by atoms with E-state index in [2.05, 4.69) is 0 Å². The highest BCUT2D eigenvalue weighted by atomic mass is 16.5. The molecular formula is C32H24O8. The first kappa shape index (κ1) is 23.7. The van der Waals surface area contributed by atoms with Gasteiger partial charge in [-0.25, -0.2) is 9.59 Å². The van der Waals surface area contributed by atoms with E-state index in [-0.39, 0.29) is 34.3 Å². The zero-order valence-corrected chi connectivity index (χ0v) is 21.9. The minimum absolute atomic E-state index is 0.186. The molecule has 200 valence electrons. The molecule has 0 saturated heterocycles. The maximum Gasteiger partial charge on any atom is 0.335 e. The number of carbonyl (C=O) groups is 6. The van der Waals surface area contributed by atoms with Crippen LogP contribution in [-0.2, 0) is 38.2 Å². The monoisotopic (exact) mass is 536 g/mol. The molecule has 8 nitrogen and oxygen atoms in total. The maximum atomic E-state index is 13.3. The second kappa shape index (κ2) is 7.71. The van der Waals surface area contributed by atoms with Crippen molar-refractivity contribution in [3.05, 3.63) is 79.9 Å². The van der Waals surface area contributed by atoms with Crippen molar-refractivity contribution in [2.75, 3.05) is 14.2 Å². The van der Waals surface area contributed by atoms with Crippen LogP contribution in [0.15, 0.2) is 35.4 Å². The Kier molecular flexibility index (Phi) is 4.56. The number of rotatable bonds is 2. The zero-order valence-electron chi connectivity index (χ0n) is 21.9. The average molecular weight is 537 g/mol. The lowest BCUT2D eigenvalue weighted by molar-refractivity contribution is -0.141. The van der Waals surface area contributed by atoms with Crippen molar-refractivity contribution in [3.8, 4) is 0 Å². The molecule has 6 bridgehead atoms. The summed E-state index contributed by atoms with van der Waals surface area (Å²) >= 11 is 0. The van der Waals surface area contributed by atoms with E-state index < -0.39 is 47.4 Å². The van der Waals surface area contributed by atoms with Gasteiger partial charge in [-0.05, 0) is 70.2 Å². The van der Waals surface area contributed by atoms with Crippen LogP contribution in [0.1, 0.15) is 106 Å². The third-order valence-electron chi connectivity index (χ3n) is 10.2. The minimum Gasteiger partial charge on any atom is -0.466 e. The molecule has 9 aliphatic rings. The largest absolute Gasteiger partial charge is 0.466 e. The Labute approximate surface area is 228 Å². The molecule has 2 aromatic carbocycles. The molecule has 8 heteroatoms. The summed E-state index contributed by atoms with van der Waals surface area (Å²) < 4.78 is 10.4. The second-order valence-corrected chi connectivity index (χ2v) is 11.7. The molecule has 0 spiro atoms. The number of esters is 2. The topological polar surface area (TPSA) is 121 Å². The van der Waals surface area contributed by atoms with E-state index in [1.54, 1.807) is 0 Å². The molecule has 11 rings (SSSR count). The van der Waals surface area contributed by atoms with Gasteiger partial charge in [0.1, 0.15) is 0 Å². The number of Topliss-reactive ketones (excluding diaryl/α,β-unsaturated/α-hetero) is 4. The molecule has 0 aromatic heterocycles. The molecule has 4 unspecified atom stereocenters. The highest BCUT2D eigenvalue weighted by molar-refractivity contribution is 6.43. The van der Waals surface area contributed by atoms with E-state index >= 15 is 0 Å². The van der Waals surface area contributed by atoms with Crippen molar-refractivity contribution >= 4 is 35.1 Å². The van der Waals surface area contributed by atoms with E-state index in [1.165, 1.54) is 14.2 Å². The number of ketones is 4. The van der Waals surface area contributed by atoms with E-state index in [4.69, 9.17) is 9.47 Å². The van der Waals surface area contributed by atoms with Crippen LogP contribution in [0.3, 0.4) is 0 Å². The fourth-order valence-corrected chi connectivity index (χ4v) is 8.55. The van der Waals surface area contributed by atoms with Gasteiger partial charge in [-0.15, -0.1) is 0 Å². The summed E-state index contributed by atoms with van der Waals surface area (Å²) in [5.41, 5.74) is 6.80. The molecule has 0 radical (unpaired) electrons. The highest BCUT2D eigenvalue weighted by Gasteiger charge is 2.53. The fraction of sp³-hybridized carbons (Fsp3) is 0.375. The number of carbonyl (C=O) groups excluding carboxylic acids is 6. The number of ether oxygens (including phenoxy) is 2. The first-order valence-electron chi connectivity index (χ1n) is 13.7. The molecule has 2 aromatic rings. The lowest BCUT2D eigenvalue weighted by atomic mass is 9.56. The van der Waals surface area contributed by atoms with Gasteiger partial charge in [-0.2, -0.15) is 0 Å². The third-order valence-corrected chi connectivity index (χ3v) is 10.2. The molecule has 0 N–H and O–H groups in total. The predicted octanol–water partition coefficient (Wildman–Crippen LogP) is 3.15. The lowest BCUT2D eigenvalue weighted by Gasteiger charge is -2.46. The quantitative estimate of drug-likeness (QED) is 0.424. The van der Waals surface area contributed by atoms with Crippen LogP contribution in [0.2, 0.25) is 0 Å². The van der Waals surface area contributed by atoms with E-state index in [1.807, 2.05) is 24.3 Å². The van der Waals surface area contributed by atoms with Gasteiger partial charge in [0.2, 0.25) is 23.1 Å². The van der Waals surface area contributed by atoms with Crippen LogP contribution >= 0.6 is 0 Å². The lowest BCUT2D eigenvalue weighted by Crippen LogP contribution is -2.42. The molecule has 2 saturated carbocycles. The van der Waals surface area contributed by atoms with Crippen molar-refractivity contribution < 1.29 is 38.2 Å². The molecule has 0 heterocycles. The van der Waals surface area contributed by atoms with E-state index in [9.17, 15) is 28.8 Å². The standard InChI is InChI=1S/C32H24O8/c1-39-31(37)25-23-19-7-15-11-3-5-13(29(35)27(11)33)17(15)9-21(19)24(26(25)32(38)40-2)22-10-18-14-6-4-12(28(34)30(14)36)16(18)8-20(22)23/h7-14,23-24H,3-6H2,1-2H3. The summed E-state index contributed by atoms with van der Waals surface area (Å²) in [6.07, 6.45) is 2.41. The Hall–Kier alpha value is -4.20. The summed E-state index contributed by atoms with van der Waals surface area (Å²) in [5.74, 6) is -6.17. The minimum atomic E-state index is -0.690. The number of hydrogen-bond donors (Lipinski definition) is 0. The van der Waals surface area contributed by atoms with Crippen molar-refractivity contribution in [1.29, 1.82) is 0 Å². The second-order valence-electron chi connectivity index (χ2n) is 11.7. The fourth-order valence-electron chi connectivity index (χ4n) is 8.55. The van der Waals surface area contributed by atoms with Crippen molar-refractivity contribution in [2.24, 2.45) is 0 Å². The summed E-state index contributed by atoms with van der Waals surface area (Å²) in [6, 6.07) is 7.79. The molecule has 4 atom stereocenters. The molecule has 0 amide bonds. The molecule has 40 heavy (non-hydrogen) atoms. The smallest absolute Gasteiger partial charge is 0.335 e. The summed E-state index contributed by atoms with van der Waals surface area (Å²) in [4.78, 5) is 77.9. The first-order valence-corrected chi connectivity index (χ1v) is 13.7. The average Bonchev–Trinajstić information content (AvgIpc) is 2.98. The van der Waals surface area contributed by atoms with Crippen LogP contribution in [0.4, 0.5) is 0 Å². The van der Waals surface area contributed by atoms with Gasteiger partial charge in [0.15, 0.2) is 0 Å². The highest BCUT2D eigenvalue weighted by Crippen LogP contribution is 2.60. The van der Waals surface area contributed by atoms with Gasteiger partial charge in [0.05, 0.1) is 49.0 Å². The van der Waals surface area contributed by atoms with Gasteiger partial charge < -0.3 is 9.47 Å². The summed E-state index contributed by atoms with van der Waals surface area (Å²) in [6.45, 7) is 0. The van der Waals surface area contributed by atoms with Gasteiger partial charge in [0, 0.05) is 11.8 Å². The molecular weight excluding hydrogens is 512 g/mol. The summed E-state index contributed by atoms with van der Waals surface area (Å²) in [7, 11) is 2.53. The van der Waals surface area contributed by atoms with Crippen LogP contribution in [-0.4, -0.2) is 49.3 Å². The van der Waals surface area contributed by atoms with Crippen LogP contribution in [0.5, 0.6) is 0 Å². The normalized spacial score (nSPS) is 30.1. The Morgan fingerprint density at radius 1 is 0.500 bits per heavy atom. The van der Waals surface area contributed by atoms with Crippen LogP contribution in [0, 0.1) is 0 Å². The predicted molar refractivity (Wildman–Crippen MR) is 137 cm³/mol. The Morgan fingerprint density at radius 3 is 0.975 bits per heavy atom. The van der Waals surface area contributed by atoms with Gasteiger partial charge in [0.25, 0.3) is 0 Å². The number of methoxy groups -OCH3 is 2. The van der Waals surface area contributed by atoms with E-state index in [0.717, 1.165) is 44.5 Å². The number of hydrogen-bond acceptors (Lipinski definition) is 8. The Balaban J connectivity index is 1.43. The van der Waals surface area contributed by atoms with Gasteiger partial charge in [-0.1, -0.05) is 24.3 Å². The van der Waals surface area contributed by atoms with Crippen molar-refractivity contribution in [1.82, 2.24) is 0 Å². The van der Waals surface area contributed by atoms with Gasteiger partial charge in [-0.3, -0.25) is 19.2 Å². The molecule has 0 aliphatic heterocycles. The number of fused-ring (bicyclic) bond motifs is 4. The zero-order chi connectivity index (χ0) is 27.8. The van der Waals surface area contributed by atoms with E-state index in [0.29, 0.717) is 25.7 Å². The van der Waals surface area contributed by atoms with Crippen LogP contribution < -0.4 is 0 Å². The SMILES string of the molecule is COC(=O)C1=C(C(=O)OC)C2c3cc4c(cc3C1c1cc3c(cc12)C1CCC3C(=O)C1=O)C1CCC4C(=O)C1=O. The Bertz CT molecular complexity index is 1500. The van der Waals surface area contributed by atoms with Crippen LogP contribution in [0.25, 0.3) is 0 Å². The third kappa shape index (κ3) is 2.62.